The summed E-state index contributed by atoms with van der Waals surface area (Å²) in [5.41, 5.74) is 3.09. The fraction of sp³-hybridized carbons (Fsp3) is 0. The number of hydrogen-bond acceptors (Lipinski definition) is 4. The Morgan fingerprint density at radius 1 is 0.926 bits per heavy atom. The number of rotatable bonds is 3. The highest BCUT2D eigenvalue weighted by molar-refractivity contribution is 6.36. The lowest BCUT2D eigenvalue weighted by atomic mass is 10.2. The molecule has 0 unspecified atom stereocenters. The molecule has 0 aliphatic rings. The third kappa shape index (κ3) is 3.78. The molecule has 134 valence electrons. The summed E-state index contributed by atoms with van der Waals surface area (Å²) in [6, 6.07) is 15.2. The van der Waals surface area contributed by atoms with E-state index in [1.54, 1.807) is 54.7 Å². The maximum atomic E-state index is 9.86. The van der Waals surface area contributed by atoms with Crippen molar-refractivity contribution in [1.29, 1.82) is 0 Å². The highest BCUT2D eigenvalue weighted by Gasteiger charge is 2.12. The van der Waals surface area contributed by atoms with Crippen LogP contribution in [0.15, 0.2) is 64.0 Å². The molecule has 1 aromatic heterocycles. The van der Waals surface area contributed by atoms with E-state index in [1.165, 1.54) is 6.07 Å². The molecule has 0 amide bonds. The molecule has 4 aromatic rings. The number of aromatic nitrogens is 1. The molecule has 0 atom stereocenters. The zero-order chi connectivity index (χ0) is 19.0. The summed E-state index contributed by atoms with van der Waals surface area (Å²) in [7, 11) is 0. The van der Waals surface area contributed by atoms with Crippen LogP contribution >= 0.6 is 34.8 Å². The lowest BCUT2D eigenvalue weighted by Gasteiger charge is -1.99. The molecular formula is C20H11Cl3N2O2. The minimum Gasteiger partial charge on any atom is -0.507 e. The van der Waals surface area contributed by atoms with Gasteiger partial charge >= 0.3 is 0 Å². The maximum absolute atomic E-state index is 9.86. The first-order chi connectivity index (χ1) is 13.0. The number of benzene rings is 3. The van der Waals surface area contributed by atoms with Crippen molar-refractivity contribution in [2.75, 3.05) is 0 Å². The van der Waals surface area contributed by atoms with Crippen molar-refractivity contribution in [3.05, 3.63) is 75.2 Å². The SMILES string of the molecule is Oc1ccc(Cl)cc1C=Nc1ccc2oc(-c3ccc(Cl)cc3Cl)nc2c1. The molecule has 1 heterocycles. The number of hydrogen-bond donors (Lipinski definition) is 1. The van der Waals surface area contributed by atoms with Gasteiger partial charge in [0, 0.05) is 21.8 Å². The van der Waals surface area contributed by atoms with Gasteiger partial charge < -0.3 is 9.52 Å². The molecule has 27 heavy (non-hydrogen) atoms. The Labute approximate surface area is 169 Å². The second-order valence-electron chi connectivity index (χ2n) is 5.76. The van der Waals surface area contributed by atoms with Crippen molar-refractivity contribution in [1.82, 2.24) is 4.98 Å². The zero-order valence-electron chi connectivity index (χ0n) is 13.7. The van der Waals surface area contributed by atoms with E-state index in [9.17, 15) is 5.11 Å². The van der Waals surface area contributed by atoms with E-state index in [-0.39, 0.29) is 5.75 Å². The van der Waals surface area contributed by atoms with E-state index in [2.05, 4.69) is 9.98 Å². The lowest BCUT2D eigenvalue weighted by Crippen LogP contribution is -1.82. The van der Waals surface area contributed by atoms with Crippen molar-refractivity contribution in [3.8, 4) is 17.2 Å². The van der Waals surface area contributed by atoms with E-state index in [1.807, 2.05) is 0 Å². The number of aromatic hydroxyl groups is 1. The van der Waals surface area contributed by atoms with Crippen LogP contribution in [0.1, 0.15) is 5.56 Å². The minimum absolute atomic E-state index is 0.102. The van der Waals surface area contributed by atoms with Crippen LogP contribution in [0, 0.1) is 0 Å². The van der Waals surface area contributed by atoms with Gasteiger partial charge in [-0.15, -0.1) is 0 Å². The number of phenols is 1. The molecule has 0 spiro atoms. The third-order valence-corrected chi connectivity index (χ3v) is 4.66. The van der Waals surface area contributed by atoms with Gasteiger partial charge in [0.25, 0.3) is 0 Å². The molecule has 0 radical (unpaired) electrons. The maximum Gasteiger partial charge on any atom is 0.228 e. The number of aliphatic imine (C=N–C) groups is 1. The Morgan fingerprint density at radius 3 is 2.52 bits per heavy atom. The Balaban J connectivity index is 1.68. The predicted octanol–water partition coefficient (Wildman–Crippen LogP) is 6.91. The molecule has 3 aromatic carbocycles. The summed E-state index contributed by atoms with van der Waals surface area (Å²) in [4.78, 5) is 8.85. The van der Waals surface area contributed by atoms with Gasteiger partial charge in [0.05, 0.1) is 16.3 Å². The fourth-order valence-corrected chi connectivity index (χ4v) is 3.22. The van der Waals surface area contributed by atoms with Gasteiger partial charge in [-0.1, -0.05) is 34.8 Å². The van der Waals surface area contributed by atoms with Crippen molar-refractivity contribution in [3.63, 3.8) is 0 Å². The summed E-state index contributed by atoms with van der Waals surface area (Å²) in [6.45, 7) is 0. The van der Waals surface area contributed by atoms with Gasteiger partial charge in [-0.2, -0.15) is 0 Å². The van der Waals surface area contributed by atoms with Crippen LogP contribution in [0.5, 0.6) is 5.75 Å². The Morgan fingerprint density at radius 2 is 1.70 bits per heavy atom. The molecule has 4 rings (SSSR count). The summed E-state index contributed by atoms with van der Waals surface area (Å²) >= 11 is 18.1. The molecule has 0 saturated heterocycles. The fourth-order valence-electron chi connectivity index (χ4n) is 2.55. The minimum atomic E-state index is 0.102. The molecule has 0 aliphatic carbocycles. The lowest BCUT2D eigenvalue weighted by molar-refractivity contribution is 0.474. The first-order valence-electron chi connectivity index (χ1n) is 7.88. The average Bonchev–Trinajstić information content (AvgIpc) is 3.05. The van der Waals surface area contributed by atoms with E-state index in [0.29, 0.717) is 48.9 Å². The standard InChI is InChI=1S/C20H11Cl3N2O2/c21-12-2-5-18(26)11(7-12)10-24-14-3-6-19-17(9-14)25-20(27-19)15-4-1-13(22)8-16(15)23/h1-10,26H. The van der Waals surface area contributed by atoms with Crippen LogP contribution in [-0.4, -0.2) is 16.3 Å². The monoisotopic (exact) mass is 416 g/mol. The van der Waals surface area contributed by atoms with Gasteiger partial charge in [0.15, 0.2) is 5.58 Å². The molecule has 4 nitrogen and oxygen atoms in total. The topological polar surface area (TPSA) is 58.6 Å². The second-order valence-corrected chi connectivity index (χ2v) is 7.04. The molecule has 0 saturated carbocycles. The van der Waals surface area contributed by atoms with E-state index < -0.39 is 0 Å². The summed E-state index contributed by atoms with van der Waals surface area (Å²) in [5.74, 6) is 0.505. The number of halogens is 3. The summed E-state index contributed by atoms with van der Waals surface area (Å²) in [5, 5.41) is 11.4. The highest BCUT2D eigenvalue weighted by atomic mass is 35.5. The number of nitrogens with zero attached hydrogens (tertiary/aromatic N) is 2. The first-order valence-corrected chi connectivity index (χ1v) is 9.01. The molecule has 0 fully saturated rings. The molecule has 0 bridgehead atoms. The average molecular weight is 418 g/mol. The van der Waals surface area contributed by atoms with Gasteiger partial charge in [-0.05, 0) is 54.6 Å². The Hall–Kier alpha value is -2.53. The highest BCUT2D eigenvalue weighted by Crippen LogP contribution is 2.33. The van der Waals surface area contributed by atoms with Crippen LogP contribution in [0.2, 0.25) is 15.1 Å². The van der Waals surface area contributed by atoms with Crippen LogP contribution in [0.25, 0.3) is 22.6 Å². The summed E-state index contributed by atoms with van der Waals surface area (Å²) in [6.07, 6.45) is 1.54. The van der Waals surface area contributed by atoms with Crippen LogP contribution in [0.3, 0.4) is 0 Å². The Bertz CT molecular complexity index is 1190. The van der Waals surface area contributed by atoms with E-state index in [0.717, 1.165) is 0 Å². The van der Waals surface area contributed by atoms with Crippen molar-refractivity contribution in [2.45, 2.75) is 0 Å². The van der Waals surface area contributed by atoms with Crippen molar-refractivity contribution < 1.29 is 9.52 Å². The van der Waals surface area contributed by atoms with E-state index >= 15 is 0 Å². The second kappa shape index (κ2) is 7.24. The predicted molar refractivity (Wildman–Crippen MR) is 110 cm³/mol. The van der Waals surface area contributed by atoms with Crippen LogP contribution in [-0.2, 0) is 0 Å². The van der Waals surface area contributed by atoms with E-state index in [4.69, 9.17) is 39.2 Å². The zero-order valence-corrected chi connectivity index (χ0v) is 15.9. The molecule has 1 N–H and O–H groups in total. The van der Waals surface area contributed by atoms with Gasteiger partial charge in [0.1, 0.15) is 11.3 Å². The molecule has 7 heteroatoms. The Kier molecular flexibility index (Phi) is 4.79. The van der Waals surface area contributed by atoms with Crippen LogP contribution in [0.4, 0.5) is 5.69 Å². The largest absolute Gasteiger partial charge is 0.507 e. The first kappa shape index (κ1) is 17.9. The third-order valence-electron chi connectivity index (χ3n) is 3.87. The van der Waals surface area contributed by atoms with Crippen molar-refractivity contribution >= 4 is 57.8 Å². The smallest absolute Gasteiger partial charge is 0.228 e. The number of phenolic OH excluding ortho intramolecular Hbond substituents is 1. The molecular weight excluding hydrogens is 407 g/mol. The van der Waals surface area contributed by atoms with Gasteiger partial charge in [0.2, 0.25) is 5.89 Å². The summed E-state index contributed by atoms with van der Waals surface area (Å²) < 4.78 is 5.78. The van der Waals surface area contributed by atoms with Crippen molar-refractivity contribution in [2.24, 2.45) is 4.99 Å². The van der Waals surface area contributed by atoms with Gasteiger partial charge in [-0.3, -0.25) is 4.99 Å². The quantitative estimate of drug-likeness (QED) is 0.368. The normalized spacial score (nSPS) is 11.5. The molecule has 0 aliphatic heterocycles. The van der Waals surface area contributed by atoms with Gasteiger partial charge in [-0.25, -0.2) is 4.98 Å². The number of oxazole rings is 1. The van der Waals surface area contributed by atoms with Crippen LogP contribution < -0.4 is 0 Å². The number of fused-ring (bicyclic) bond motifs is 1.